The number of aliphatic hydroxyl groups is 1. The molecular weight excluding hydrogens is 190 g/mol. The molecular formula is C11H25NOSi. The zero-order valence-electron chi connectivity index (χ0n) is 10.3. The van der Waals surface area contributed by atoms with Crippen LogP contribution in [0.4, 0.5) is 0 Å². The number of rotatable bonds is 6. The summed E-state index contributed by atoms with van der Waals surface area (Å²) in [5.74, 6) is 0. The minimum atomic E-state index is -1.58. The van der Waals surface area contributed by atoms with Gasteiger partial charge in [-0.25, -0.2) is 0 Å². The highest BCUT2D eigenvalue weighted by Crippen LogP contribution is 2.30. The Kier molecular flexibility index (Phi) is 5.60. The van der Waals surface area contributed by atoms with Crippen molar-refractivity contribution in [1.29, 1.82) is 0 Å². The number of hydrogen-bond donors (Lipinski definition) is 1. The molecule has 0 spiro atoms. The van der Waals surface area contributed by atoms with E-state index in [4.69, 9.17) is 0 Å². The van der Waals surface area contributed by atoms with Crippen LogP contribution in [0.2, 0.25) is 18.1 Å². The van der Waals surface area contributed by atoms with E-state index in [9.17, 15) is 5.11 Å². The zero-order valence-corrected chi connectivity index (χ0v) is 11.3. The second-order valence-electron chi connectivity index (χ2n) is 4.12. The maximum Gasteiger partial charge on any atom is 0.0969 e. The second-order valence-corrected chi connectivity index (χ2v) is 9.81. The molecule has 0 aromatic rings. The summed E-state index contributed by atoms with van der Waals surface area (Å²) in [5.41, 5.74) is 0. The molecule has 0 aromatic carbocycles. The van der Waals surface area contributed by atoms with Crippen LogP contribution in [-0.2, 0) is 0 Å². The molecule has 0 aliphatic heterocycles. The van der Waals surface area contributed by atoms with Crippen molar-refractivity contribution in [3.8, 4) is 0 Å². The lowest BCUT2D eigenvalue weighted by molar-refractivity contribution is 0.208. The van der Waals surface area contributed by atoms with E-state index in [-0.39, 0.29) is 0 Å². The van der Waals surface area contributed by atoms with Gasteiger partial charge in [-0.2, -0.15) is 0 Å². The largest absolute Gasteiger partial charge is 0.388 e. The summed E-state index contributed by atoms with van der Waals surface area (Å²) in [6, 6.07) is 3.38. The summed E-state index contributed by atoms with van der Waals surface area (Å²) in [7, 11) is -1.58. The van der Waals surface area contributed by atoms with Gasteiger partial charge < -0.3 is 5.11 Å². The van der Waals surface area contributed by atoms with Crippen molar-refractivity contribution in [2.45, 2.75) is 58.0 Å². The summed E-state index contributed by atoms with van der Waals surface area (Å²) >= 11 is 0. The van der Waals surface area contributed by atoms with Crippen LogP contribution in [0.15, 0.2) is 4.99 Å². The first kappa shape index (κ1) is 13.8. The highest BCUT2D eigenvalue weighted by Gasteiger charge is 2.43. The Morgan fingerprint density at radius 2 is 1.57 bits per heavy atom. The number of hydrogen-bond acceptors (Lipinski definition) is 2. The molecule has 0 bridgehead atoms. The van der Waals surface area contributed by atoms with Gasteiger partial charge in [0.2, 0.25) is 0 Å². The predicted molar refractivity (Wildman–Crippen MR) is 66.9 cm³/mol. The Morgan fingerprint density at radius 1 is 1.14 bits per heavy atom. The highest BCUT2D eigenvalue weighted by molar-refractivity contribution is 6.84. The third-order valence-corrected chi connectivity index (χ3v) is 9.97. The van der Waals surface area contributed by atoms with Crippen molar-refractivity contribution in [2.75, 3.05) is 6.54 Å². The van der Waals surface area contributed by atoms with Gasteiger partial charge in [-0.3, -0.25) is 4.99 Å². The van der Waals surface area contributed by atoms with Crippen LogP contribution in [0, 0.1) is 0 Å². The van der Waals surface area contributed by atoms with Crippen LogP contribution in [0.25, 0.3) is 0 Å². The van der Waals surface area contributed by atoms with Gasteiger partial charge in [-0.1, -0.05) is 38.9 Å². The Bertz CT molecular complexity index is 177. The first-order valence-electron chi connectivity index (χ1n) is 5.73. The van der Waals surface area contributed by atoms with Gasteiger partial charge in [0.25, 0.3) is 0 Å². The molecule has 0 radical (unpaired) electrons. The summed E-state index contributed by atoms with van der Waals surface area (Å²) in [4.78, 5) is 4.21. The molecule has 0 heterocycles. The van der Waals surface area contributed by atoms with Crippen molar-refractivity contribution >= 4 is 14.3 Å². The highest BCUT2D eigenvalue weighted by atomic mass is 28.3. The fraction of sp³-hybridized carbons (Fsp3) is 0.909. The summed E-state index contributed by atoms with van der Waals surface area (Å²) < 4.78 is 0. The Balaban J connectivity index is 4.87. The summed E-state index contributed by atoms with van der Waals surface area (Å²) in [6.07, 6.45) is 1.79. The van der Waals surface area contributed by atoms with E-state index < -0.39 is 13.3 Å². The fourth-order valence-electron chi connectivity index (χ4n) is 2.23. The molecule has 3 heteroatoms. The van der Waals surface area contributed by atoms with Crippen LogP contribution >= 0.6 is 0 Å². The van der Waals surface area contributed by atoms with Crippen molar-refractivity contribution in [2.24, 2.45) is 4.99 Å². The fourth-order valence-corrected chi connectivity index (χ4v) is 6.24. The lowest BCUT2D eigenvalue weighted by atomic mass is 10.4. The Morgan fingerprint density at radius 3 is 1.86 bits per heavy atom. The number of aliphatic imine (C=N–C) groups is 1. The maximum absolute atomic E-state index is 10.5. The minimum Gasteiger partial charge on any atom is -0.388 e. The molecule has 0 aliphatic carbocycles. The average Bonchev–Trinajstić information content (AvgIpc) is 2.18. The van der Waals surface area contributed by atoms with E-state index in [2.05, 4.69) is 25.8 Å². The lowest BCUT2D eigenvalue weighted by Crippen LogP contribution is -2.56. The van der Waals surface area contributed by atoms with Gasteiger partial charge in [0.1, 0.15) is 0 Å². The Hall–Kier alpha value is -0.153. The van der Waals surface area contributed by atoms with E-state index in [1.807, 2.05) is 13.8 Å². The van der Waals surface area contributed by atoms with Crippen LogP contribution in [0.3, 0.4) is 0 Å². The average molecular weight is 215 g/mol. The minimum absolute atomic E-state index is 0.638. The third kappa shape index (κ3) is 2.67. The van der Waals surface area contributed by atoms with E-state index in [1.54, 1.807) is 6.21 Å². The molecule has 1 unspecified atom stereocenters. The lowest BCUT2D eigenvalue weighted by Gasteiger charge is -2.39. The van der Waals surface area contributed by atoms with Gasteiger partial charge in [0.15, 0.2) is 0 Å². The smallest absolute Gasteiger partial charge is 0.0969 e. The van der Waals surface area contributed by atoms with Gasteiger partial charge in [0.05, 0.1) is 13.3 Å². The van der Waals surface area contributed by atoms with Crippen LogP contribution in [0.5, 0.6) is 0 Å². The third-order valence-electron chi connectivity index (χ3n) is 3.63. The van der Waals surface area contributed by atoms with Crippen LogP contribution < -0.4 is 0 Å². The second kappa shape index (κ2) is 5.66. The van der Waals surface area contributed by atoms with Crippen LogP contribution in [-0.4, -0.2) is 31.2 Å². The van der Waals surface area contributed by atoms with Crippen molar-refractivity contribution in [3.05, 3.63) is 0 Å². The maximum atomic E-state index is 10.5. The molecule has 0 amide bonds. The van der Waals surface area contributed by atoms with Gasteiger partial charge >= 0.3 is 0 Å². The normalized spacial score (nSPS) is 17.3. The molecule has 0 fully saturated rings. The molecule has 0 saturated heterocycles. The summed E-state index contributed by atoms with van der Waals surface area (Å²) in [6.45, 7) is 11.3. The van der Waals surface area contributed by atoms with E-state index in [1.165, 1.54) is 0 Å². The molecule has 1 N–H and O–H groups in total. The van der Waals surface area contributed by atoms with E-state index >= 15 is 0 Å². The van der Waals surface area contributed by atoms with Gasteiger partial charge in [-0.15, -0.1) is 0 Å². The molecule has 0 aromatic heterocycles. The van der Waals surface area contributed by atoms with Crippen molar-refractivity contribution in [1.82, 2.24) is 0 Å². The molecule has 0 saturated carbocycles. The van der Waals surface area contributed by atoms with Crippen molar-refractivity contribution in [3.63, 3.8) is 0 Å². The monoisotopic (exact) mass is 215 g/mol. The molecule has 1 atom stereocenters. The SMILES string of the molecule is CCN=CC(C)(O)[Si](CC)(CC)CC. The standard InChI is InChI=1S/C11H25NOSi/c1-6-12-10-11(5,13)14(7-2,8-3)9-4/h10,13H,6-9H2,1-5H3. The molecule has 0 aliphatic rings. The summed E-state index contributed by atoms with van der Waals surface area (Å²) in [5, 5.41) is 9.83. The van der Waals surface area contributed by atoms with Gasteiger partial charge in [-0.05, 0) is 13.8 Å². The molecule has 0 rings (SSSR count). The predicted octanol–water partition coefficient (Wildman–Crippen LogP) is 2.88. The van der Waals surface area contributed by atoms with Gasteiger partial charge in [0, 0.05) is 12.8 Å². The first-order chi connectivity index (χ1) is 6.49. The topological polar surface area (TPSA) is 32.6 Å². The molecule has 2 nitrogen and oxygen atoms in total. The van der Waals surface area contributed by atoms with E-state index in [0.717, 1.165) is 24.7 Å². The molecule has 14 heavy (non-hydrogen) atoms. The zero-order chi connectivity index (χ0) is 11.2. The van der Waals surface area contributed by atoms with Crippen LogP contribution in [0.1, 0.15) is 34.6 Å². The Labute approximate surface area is 89.5 Å². The first-order valence-corrected chi connectivity index (χ1v) is 8.35. The molecule has 84 valence electrons. The quantitative estimate of drug-likeness (QED) is 0.536. The number of nitrogens with zero attached hydrogens (tertiary/aromatic N) is 1. The van der Waals surface area contributed by atoms with E-state index in [0.29, 0.717) is 0 Å². The van der Waals surface area contributed by atoms with Crippen molar-refractivity contribution < 1.29 is 5.11 Å².